The first-order chi connectivity index (χ1) is 32.4. The van der Waals surface area contributed by atoms with Gasteiger partial charge in [-0.25, -0.2) is 0 Å². The van der Waals surface area contributed by atoms with Crippen LogP contribution in [0.1, 0.15) is 44.5 Å². The van der Waals surface area contributed by atoms with Gasteiger partial charge in [-0.2, -0.15) is 0 Å². The largest absolute Gasteiger partial charge is 0.491 e. The van der Waals surface area contributed by atoms with Gasteiger partial charge in [-0.3, -0.25) is 20.2 Å². The van der Waals surface area contributed by atoms with Crippen LogP contribution in [0.25, 0.3) is 0 Å². The monoisotopic (exact) mass is 918 g/mol. The molecule has 0 radical (unpaired) electrons. The smallest absolute Gasteiger partial charge is 0.270 e. The van der Waals surface area contributed by atoms with Gasteiger partial charge in [0, 0.05) is 72.2 Å². The molecule has 0 fully saturated rings. The van der Waals surface area contributed by atoms with Gasteiger partial charge in [-0.05, 0) is 22.3 Å². The van der Waals surface area contributed by atoms with E-state index in [1.807, 2.05) is 36.4 Å². The molecule has 0 atom stereocenters. The Kier molecular flexibility index (Phi) is 19.1. The molecule has 0 saturated heterocycles. The van der Waals surface area contributed by atoms with Crippen LogP contribution in [0.5, 0.6) is 23.0 Å². The first kappa shape index (κ1) is 48.5. The summed E-state index contributed by atoms with van der Waals surface area (Å²) >= 11 is 0. The second kappa shape index (κ2) is 26.0. The van der Waals surface area contributed by atoms with Gasteiger partial charge in [0.15, 0.2) is 0 Å². The van der Waals surface area contributed by atoms with E-state index >= 15 is 0 Å². The van der Waals surface area contributed by atoms with Crippen molar-refractivity contribution in [3.8, 4) is 23.0 Å². The third-order valence-electron chi connectivity index (χ3n) is 10.9. The topological polar surface area (TPSA) is 197 Å². The van der Waals surface area contributed by atoms with Crippen molar-refractivity contribution in [1.82, 2.24) is 0 Å². The quantitative estimate of drug-likeness (QED) is 0.151. The molecule has 2 aliphatic heterocycles. The fourth-order valence-electron chi connectivity index (χ4n) is 7.94. The van der Waals surface area contributed by atoms with Gasteiger partial charge in [0.2, 0.25) is 0 Å². The summed E-state index contributed by atoms with van der Waals surface area (Å²) in [5, 5.41) is 25.4. The van der Waals surface area contributed by atoms with E-state index in [9.17, 15) is 20.2 Å². The van der Waals surface area contributed by atoms with E-state index in [2.05, 4.69) is 0 Å². The van der Waals surface area contributed by atoms with E-state index in [1.165, 1.54) is 24.3 Å². The lowest BCUT2D eigenvalue weighted by Crippen LogP contribution is -2.15. The van der Waals surface area contributed by atoms with Crippen LogP contribution in [0.15, 0.2) is 60.7 Å². The summed E-state index contributed by atoms with van der Waals surface area (Å²) in [5.41, 5.74) is 4.82. The fraction of sp³-hybridized carbons (Fsp3) is 0.500. The molecule has 18 nitrogen and oxygen atoms in total. The Morgan fingerprint density at radius 3 is 0.712 bits per heavy atom. The number of non-ortho nitro benzene ring substituents is 2. The minimum atomic E-state index is -0.406. The predicted octanol–water partition coefficient (Wildman–Crippen LogP) is 5.85. The van der Waals surface area contributed by atoms with E-state index in [1.54, 1.807) is 0 Å². The number of nitrogens with zero attached hydrogens (tertiary/aromatic N) is 2. The number of rotatable bonds is 2. The molecule has 2 heterocycles. The highest BCUT2D eigenvalue weighted by molar-refractivity contribution is 5.60. The molecule has 66 heavy (non-hydrogen) atoms. The van der Waals surface area contributed by atoms with Gasteiger partial charge in [0.1, 0.15) is 49.4 Å². The predicted molar refractivity (Wildman–Crippen MR) is 239 cm³/mol. The molecule has 1 aliphatic carbocycles. The molecule has 4 aromatic carbocycles. The lowest BCUT2D eigenvalue weighted by molar-refractivity contribution is -0.385. The fourth-order valence-corrected chi connectivity index (χ4v) is 7.94. The molecule has 18 heteroatoms. The van der Waals surface area contributed by atoms with Crippen molar-refractivity contribution in [3.05, 3.63) is 125 Å². The van der Waals surface area contributed by atoms with Gasteiger partial charge in [0.25, 0.3) is 11.4 Å². The first-order valence-electron chi connectivity index (χ1n) is 22.4. The number of benzene rings is 4. The molecule has 0 N–H and O–H groups in total. The standard InChI is InChI=1S/C48H58N2O16/c51-49(52)43-31-39-27-35-3-1-4-36-28-40-32-44(50(53)54)34-42-30-38-6-2-5-37(46(38)64-24-20-60-16-12-56-8-7-55-11-15-59-19-23-63-45(35)36)29-41(33-43)47(39)65-25-21-61-17-13-57-9-10-58-14-18-62-22-26-66-48(40)42/h1-6,31-34H,7-30H2. The van der Waals surface area contributed by atoms with Crippen molar-refractivity contribution in [2.45, 2.75) is 25.7 Å². The van der Waals surface area contributed by atoms with Crippen molar-refractivity contribution in [2.24, 2.45) is 0 Å². The summed E-state index contributed by atoms with van der Waals surface area (Å²) in [7, 11) is 0. The number of hydrogen-bond acceptors (Lipinski definition) is 16. The van der Waals surface area contributed by atoms with Crippen molar-refractivity contribution >= 4 is 11.4 Å². The SMILES string of the molecule is O=[N+]([O-])c1cc2c3c(c1)Cc1cccc4c1OCCOCCOCCOCCOCCOc1c(cccc1Cc1cc([N+](=O)[O-])cc(c1OCCOCCOCCOCCOCCO3)C4)C2. The molecule has 0 unspecified atom stereocenters. The molecule has 3 aliphatic rings. The molecule has 356 valence electrons. The minimum absolute atomic E-state index is 0.108. The van der Waals surface area contributed by atoms with Crippen molar-refractivity contribution in [2.75, 3.05) is 132 Å². The van der Waals surface area contributed by atoms with Crippen LogP contribution >= 0.6 is 0 Å². The summed E-state index contributed by atoms with van der Waals surface area (Å²) in [6.45, 7) is 5.81. The average molecular weight is 919 g/mol. The van der Waals surface area contributed by atoms with Gasteiger partial charge in [-0.1, -0.05) is 36.4 Å². The summed E-state index contributed by atoms with van der Waals surface area (Å²) in [6, 6.07) is 17.5. The maximum Gasteiger partial charge on any atom is 0.270 e. The Morgan fingerprint density at radius 1 is 0.303 bits per heavy atom. The van der Waals surface area contributed by atoms with Crippen LogP contribution in [-0.2, 0) is 63.6 Å². The normalized spacial score (nSPS) is 18.3. The van der Waals surface area contributed by atoms with E-state index in [0.29, 0.717) is 147 Å². The number of hydrogen-bond donors (Lipinski definition) is 0. The second-order valence-electron chi connectivity index (χ2n) is 15.5. The van der Waals surface area contributed by atoms with Crippen LogP contribution in [0.3, 0.4) is 0 Å². The van der Waals surface area contributed by atoms with Crippen molar-refractivity contribution < 1.29 is 66.7 Å². The molecule has 0 amide bonds. The van der Waals surface area contributed by atoms with Crippen LogP contribution in [-0.4, -0.2) is 142 Å². The zero-order valence-corrected chi connectivity index (χ0v) is 37.2. The Bertz CT molecular complexity index is 1960. The highest BCUT2D eigenvalue weighted by atomic mass is 16.6. The van der Waals surface area contributed by atoms with E-state index in [-0.39, 0.29) is 89.9 Å². The highest BCUT2D eigenvalue weighted by Gasteiger charge is 2.26. The Hall–Kier alpha value is -5.44. The van der Waals surface area contributed by atoms with Crippen LogP contribution in [0.4, 0.5) is 11.4 Å². The van der Waals surface area contributed by atoms with E-state index < -0.39 is 9.85 Å². The van der Waals surface area contributed by atoms with Gasteiger partial charge < -0.3 is 56.8 Å². The summed E-state index contributed by atoms with van der Waals surface area (Å²) in [5.74, 6) is 1.95. The molecule has 4 aromatic rings. The lowest BCUT2D eigenvalue weighted by atomic mass is 9.90. The Balaban J connectivity index is 1.42. The van der Waals surface area contributed by atoms with Gasteiger partial charge >= 0.3 is 0 Å². The highest BCUT2D eigenvalue weighted by Crippen LogP contribution is 2.41. The molecule has 0 spiro atoms. The lowest BCUT2D eigenvalue weighted by Gasteiger charge is -2.23. The van der Waals surface area contributed by atoms with Crippen LogP contribution in [0, 0.1) is 20.2 Å². The second-order valence-corrected chi connectivity index (χ2v) is 15.5. The number of nitro benzene ring substituents is 2. The van der Waals surface area contributed by atoms with Crippen LogP contribution < -0.4 is 18.9 Å². The number of para-hydroxylation sites is 2. The maximum atomic E-state index is 12.7. The summed E-state index contributed by atoms with van der Waals surface area (Å²) in [6.07, 6.45) is 0.676. The molecule has 7 rings (SSSR count). The number of nitro groups is 2. The Labute approximate surface area is 383 Å². The zero-order chi connectivity index (χ0) is 45.8. The number of ether oxygens (including phenoxy) is 12. The maximum absolute atomic E-state index is 12.7. The summed E-state index contributed by atoms with van der Waals surface area (Å²) < 4.78 is 72.6. The Morgan fingerprint density at radius 2 is 0.500 bits per heavy atom. The molecule has 0 saturated carbocycles. The van der Waals surface area contributed by atoms with Gasteiger partial charge in [-0.15, -0.1) is 0 Å². The zero-order valence-electron chi connectivity index (χ0n) is 37.2. The molecule has 12 bridgehead atoms. The van der Waals surface area contributed by atoms with E-state index in [4.69, 9.17) is 56.8 Å². The van der Waals surface area contributed by atoms with Gasteiger partial charge in [0.05, 0.1) is 116 Å². The molecular formula is C48H58N2O16. The van der Waals surface area contributed by atoms with Crippen molar-refractivity contribution in [3.63, 3.8) is 0 Å². The minimum Gasteiger partial charge on any atom is -0.491 e. The third-order valence-corrected chi connectivity index (χ3v) is 10.9. The average Bonchev–Trinajstić information content (AvgIpc) is 3.30. The van der Waals surface area contributed by atoms with Crippen molar-refractivity contribution in [1.29, 1.82) is 0 Å². The van der Waals surface area contributed by atoms with Crippen LogP contribution in [0.2, 0.25) is 0 Å². The summed E-state index contributed by atoms with van der Waals surface area (Å²) in [4.78, 5) is 24.6. The van der Waals surface area contributed by atoms with E-state index in [0.717, 1.165) is 0 Å². The third kappa shape index (κ3) is 14.3. The molecule has 0 aromatic heterocycles. The first-order valence-corrected chi connectivity index (χ1v) is 22.4. The molecular weight excluding hydrogens is 861 g/mol.